The molecule has 0 aliphatic rings. The maximum Gasteiger partial charge on any atom is 0.325 e. The maximum absolute atomic E-state index is 12.9. The molecule has 0 aliphatic heterocycles. The number of aromatic nitrogens is 2. The molecule has 146 valence electrons. The predicted octanol–water partition coefficient (Wildman–Crippen LogP) is 5.20. The van der Waals surface area contributed by atoms with Crippen molar-refractivity contribution in [3.8, 4) is 5.75 Å². The minimum Gasteiger partial charge on any atom is -0.486 e. The number of hydrogen-bond acceptors (Lipinski definition) is 5. The molecule has 2 N–H and O–H groups in total. The van der Waals surface area contributed by atoms with E-state index >= 15 is 0 Å². The van der Waals surface area contributed by atoms with E-state index in [1.165, 1.54) is 41.2 Å². The molecule has 2 amide bonds. The number of carbonyl (C=O) groups is 1. The van der Waals surface area contributed by atoms with Crippen LogP contribution in [0, 0.1) is 5.82 Å². The summed E-state index contributed by atoms with van der Waals surface area (Å²) in [6, 6.07) is 12.9. The molecule has 6 nitrogen and oxygen atoms in total. The molecule has 2 aromatic carbocycles. The van der Waals surface area contributed by atoms with Crippen LogP contribution in [0.1, 0.15) is 31.3 Å². The topological polar surface area (TPSA) is 76.1 Å². The van der Waals surface area contributed by atoms with Crippen molar-refractivity contribution >= 4 is 28.2 Å². The van der Waals surface area contributed by atoms with Gasteiger partial charge in [0.1, 0.15) is 18.2 Å². The highest BCUT2D eigenvalue weighted by atomic mass is 32.1. The molecule has 0 bridgehead atoms. The summed E-state index contributed by atoms with van der Waals surface area (Å²) in [6.45, 7) is 6.73. The summed E-state index contributed by atoms with van der Waals surface area (Å²) < 4.78 is 18.6. The van der Waals surface area contributed by atoms with E-state index in [1.54, 1.807) is 0 Å². The van der Waals surface area contributed by atoms with Crippen molar-refractivity contribution in [2.45, 2.75) is 32.8 Å². The number of halogens is 1. The summed E-state index contributed by atoms with van der Waals surface area (Å²) >= 11 is 1.22. The van der Waals surface area contributed by atoms with Crippen LogP contribution in [-0.4, -0.2) is 16.2 Å². The molecular formula is C20H21FN4O2S. The van der Waals surface area contributed by atoms with E-state index in [0.29, 0.717) is 15.8 Å². The number of ether oxygens (including phenoxy) is 1. The molecule has 1 aromatic heterocycles. The van der Waals surface area contributed by atoms with Gasteiger partial charge in [-0.1, -0.05) is 44.2 Å². The summed E-state index contributed by atoms with van der Waals surface area (Å²) in [5.74, 6) is 0.375. The largest absolute Gasteiger partial charge is 0.486 e. The lowest BCUT2D eigenvalue weighted by molar-refractivity contribution is 0.262. The molecule has 0 atom stereocenters. The maximum atomic E-state index is 12.9. The first-order chi connectivity index (χ1) is 13.3. The van der Waals surface area contributed by atoms with E-state index in [-0.39, 0.29) is 17.8 Å². The Morgan fingerprint density at radius 2 is 1.71 bits per heavy atom. The van der Waals surface area contributed by atoms with Crippen LogP contribution >= 0.6 is 11.3 Å². The number of amides is 2. The Balaban J connectivity index is 1.51. The predicted molar refractivity (Wildman–Crippen MR) is 108 cm³/mol. The van der Waals surface area contributed by atoms with Crippen LogP contribution < -0.4 is 15.4 Å². The van der Waals surface area contributed by atoms with Crippen LogP contribution in [0.5, 0.6) is 5.75 Å². The third-order valence-electron chi connectivity index (χ3n) is 3.87. The molecule has 8 heteroatoms. The van der Waals surface area contributed by atoms with Gasteiger partial charge in [-0.05, 0) is 47.4 Å². The molecule has 0 saturated heterocycles. The van der Waals surface area contributed by atoms with E-state index in [1.807, 2.05) is 24.3 Å². The summed E-state index contributed by atoms with van der Waals surface area (Å²) in [4.78, 5) is 12.0. The van der Waals surface area contributed by atoms with Crippen molar-refractivity contribution in [3.05, 3.63) is 64.9 Å². The van der Waals surface area contributed by atoms with Crippen LogP contribution in [0.15, 0.2) is 48.5 Å². The van der Waals surface area contributed by atoms with Crippen LogP contribution in [0.25, 0.3) is 0 Å². The van der Waals surface area contributed by atoms with Gasteiger partial charge in [-0.25, -0.2) is 9.18 Å². The van der Waals surface area contributed by atoms with E-state index in [9.17, 15) is 9.18 Å². The van der Waals surface area contributed by atoms with E-state index in [4.69, 9.17) is 4.74 Å². The van der Waals surface area contributed by atoms with Gasteiger partial charge < -0.3 is 10.1 Å². The molecule has 0 fully saturated rings. The van der Waals surface area contributed by atoms with Crippen molar-refractivity contribution in [2.75, 3.05) is 10.6 Å². The first kappa shape index (κ1) is 19.8. The number of nitrogens with zero attached hydrogens (tertiary/aromatic N) is 2. The average molecular weight is 400 g/mol. The fourth-order valence-corrected chi connectivity index (χ4v) is 3.00. The first-order valence-corrected chi connectivity index (χ1v) is 9.50. The summed E-state index contributed by atoms with van der Waals surface area (Å²) in [6.07, 6.45) is 0. The lowest BCUT2D eigenvalue weighted by atomic mass is 9.87. The monoisotopic (exact) mass is 400 g/mol. The molecular weight excluding hydrogens is 379 g/mol. The van der Waals surface area contributed by atoms with Crippen LogP contribution in [-0.2, 0) is 12.0 Å². The zero-order valence-corrected chi connectivity index (χ0v) is 16.6. The van der Waals surface area contributed by atoms with Gasteiger partial charge in [0.2, 0.25) is 5.13 Å². The SMILES string of the molecule is CC(C)(C)c1ccc(OCc2nnc(NC(=O)Nc3ccc(F)cc3)s2)cc1. The van der Waals surface area contributed by atoms with Gasteiger partial charge in [-0.2, -0.15) is 0 Å². The normalized spacial score (nSPS) is 11.1. The van der Waals surface area contributed by atoms with Crippen LogP contribution in [0.2, 0.25) is 0 Å². The Kier molecular flexibility index (Phi) is 5.89. The van der Waals surface area contributed by atoms with E-state index in [2.05, 4.69) is 41.6 Å². The Bertz CT molecular complexity index is 934. The van der Waals surface area contributed by atoms with Crippen LogP contribution in [0.3, 0.4) is 0 Å². The second-order valence-electron chi connectivity index (χ2n) is 7.15. The Morgan fingerprint density at radius 3 is 2.36 bits per heavy atom. The number of anilines is 2. The minimum atomic E-state index is -0.479. The van der Waals surface area contributed by atoms with Gasteiger partial charge in [-0.3, -0.25) is 5.32 Å². The molecule has 28 heavy (non-hydrogen) atoms. The van der Waals surface area contributed by atoms with E-state index < -0.39 is 6.03 Å². The zero-order valence-electron chi connectivity index (χ0n) is 15.8. The molecule has 0 unspecified atom stereocenters. The number of rotatable bonds is 5. The highest BCUT2D eigenvalue weighted by Gasteiger charge is 2.13. The number of hydrogen-bond donors (Lipinski definition) is 2. The summed E-state index contributed by atoms with van der Waals surface area (Å²) in [5, 5.41) is 14.1. The van der Waals surface area contributed by atoms with Gasteiger partial charge >= 0.3 is 6.03 Å². The summed E-state index contributed by atoms with van der Waals surface area (Å²) in [7, 11) is 0. The third-order valence-corrected chi connectivity index (χ3v) is 4.68. The standard InChI is InChI=1S/C20H21FN4O2S/c1-20(2,3)13-4-10-16(11-5-13)27-12-17-24-25-19(28-17)23-18(26)22-15-8-6-14(21)7-9-15/h4-11H,12H2,1-3H3,(H2,22,23,25,26). The van der Waals surface area contributed by atoms with Crippen molar-refractivity contribution < 1.29 is 13.9 Å². The Morgan fingerprint density at radius 1 is 1.04 bits per heavy atom. The van der Waals surface area contributed by atoms with Gasteiger partial charge in [0.25, 0.3) is 0 Å². The fourth-order valence-electron chi connectivity index (χ4n) is 2.35. The van der Waals surface area contributed by atoms with Crippen molar-refractivity contribution in [1.82, 2.24) is 10.2 Å². The van der Waals surface area contributed by atoms with Crippen molar-refractivity contribution in [2.24, 2.45) is 0 Å². The molecule has 3 aromatic rings. The quantitative estimate of drug-likeness (QED) is 0.617. The molecule has 0 radical (unpaired) electrons. The molecule has 0 saturated carbocycles. The van der Waals surface area contributed by atoms with Gasteiger partial charge in [0, 0.05) is 5.69 Å². The smallest absolute Gasteiger partial charge is 0.325 e. The van der Waals surface area contributed by atoms with Crippen molar-refractivity contribution in [1.29, 1.82) is 0 Å². The lowest BCUT2D eigenvalue weighted by Gasteiger charge is -2.19. The van der Waals surface area contributed by atoms with Crippen LogP contribution in [0.4, 0.5) is 20.0 Å². The Labute approximate surface area is 166 Å². The van der Waals surface area contributed by atoms with E-state index in [0.717, 1.165) is 5.75 Å². The number of benzene rings is 2. The highest BCUT2D eigenvalue weighted by Crippen LogP contribution is 2.25. The lowest BCUT2D eigenvalue weighted by Crippen LogP contribution is -2.19. The second kappa shape index (κ2) is 8.35. The highest BCUT2D eigenvalue weighted by molar-refractivity contribution is 7.15. The van der Waals surface area contributed by atoms with Gasteiger partial charge in [0.15, 0.2) is 5.01 Å². The first-order valence-electron chi connectivity index (χ1n) is 8.69. The van der Waals surface area contributed by atoms with Gasteiger partial charge in [-0.15, -0.1) is 10.2 Å². The number of nitrogens with one attached hydrogen (secondary N) is 2. The molecule has 1 heterocycles. The minimum absolute atomic E-state index is 0.0901. The molecule has 0 spiro atoms. The van der Waals surface area contributed by atoms with Crippen molar-refractivity contribution in [3.63, 3.8) is 0 Å². The second-order valence-corrected chi connectivity index (χ2v) is 8.21. The van der Waals surface area contributed by atoms with Gasteiger partial charge in [0.05, 0.1) is 0 Å². The molecule has 3 rings (SSSR count). The summed E-state index contributed by atoms with van der Waals surface area (Å²) in [5.41, 5.74) is 1.80. The zero-order chi connectivity index (χ0) is 20.1. The Hall–Kier alpha value is -3.00. The number of carbonyl (C=O) groups excluding carboxylic acids is 1. The average Bonchev–Trinajstić information content (AvgIpc) is 3.09. The third kappa shape index (κ3) is 5.50. The molecule has 0 aliphatic carbocycles. The fraction of sp³-hybridized carbons (Fsp3) is 0.250. The number of urea groups is 1.